The number of amides is 1. The van der Waals surface area contributed by atoms with Gasteiger partial charge in [-0.25, -0.2) is 0 Å². The molecular weight excluding hydrogens is 251 g/mol. The van der Waals surface area contributed by atoms with Gasteiger partial charge in [0.25, 0.3) is 0 Å². The molecule has 0 fully saturated rings. The number of halogens is 3. The molecule has 1 rings (SSSR count). The van der Waals surface area contributed by atoms with Crippen molar-refractivity contribution in [1.29, 1.82) is 0 Å². The molecule has 1 N–H and O–H groups in total. The number of benzene rings is 1. The number of carbonyl (C=O) groups excluding carboxylic acids is 1. The Balaban J connectivity index is 2.89. The molecule has 18 heavy (non-hydrogen) atoms. The number of hydrogen-bond acceptors (Lipinski definition) is 3. The molecule has 1 aromatic rings. The van der Waals surface area contributed by atoms with Gasteiger partial charge in [0.15, 0.2) is 11.5 Å². The Kier molecular flexibility index (Phi) is 4.41. The van der Waals surface area contributed by atoms with Gasteiger partial charge < -0.3 is 14.8 Å². The molecule has 0 saturated heterocycles. The third-order valence-electron chi connectivity index (χ3n) is 1.98. The molecule has 0 radical (unpaired) electrons. The van der Waals surface area contributed by atoms with Gasteiger partial charge in [0.1, 0.15) is 0 Å². The van der Waals surface area contributed by atoms with E-state index >= 15 is 0 Å². The first-order valence-corrected chi connectivity index (χ1v) is 5.07. The molecule has 0 spiro atoms. The van der Waals surface area contributed by atoms with E-state index in [1.54, 1.807) is 12.2 Å². The van der Waals surface area contributed by atoms with Crippen molar-refractivity contribution >= 4 is 11.6 Å². The zero-order valence-corrected chi connectivity index (χ0v) is 9.80. The third-order valence-corrected chi connectivity index (χ3v) is 1.98. The van der Waals surface area contributed by atoms with Gasteiger partial charge in [-0.05, 0) is 19.1 Å². The highest BCUT2D eigenvalue weighted by atomic mass is 19.4. The van der Waals surface area contributed by atoms with E-state index in [4.69, 9.17) is 9.47 Å². The van der Waals surface area contributed by atoms with Gasteiger partial charge in [0, 0.05) is 11.8 Å². The normalized spacial score (nSPS) is 10.9. The van der Waals surface area contributed by atoms with E-state index in [2.05, 4.69) is 0 Å². The maximum Gasteiger partial charge on any atom is 0.471 e. The van der Waals surface area contributed by atoms with Crippen LogP contribution in [0.3, 0.4) is 0 Å². The standard InChI is InChI=1S/C11H12F3NO3/c1-3-18-8-5-4-7(6-9(8)17-2)15-10(16)11(12,13)14/h4-6H,3H2,1-2H3,(H,15,16). The van der Waals surface area contributed by atoms with E-state index < -0.39 is 12.1 Å². The fourth-order valence-corrected chi connectivity index (χ4v) is 1.22. The second-order valence-electron chi connectivity index (χ2n) is 3.25. The van der Waals surface area contributed by atoms with Crippen molar-refractivity contribution < 1.29 is 27.4 Å². The van der Waals surface area contributed by atoms with Crippen molar-refractivity contribution in [1.82, 2.24) is 0 Å². The average Bonchev–Trinajstić information content (AvgIpc) is 2.30. The quantitative estimate of drug-likeness (QED) is 0.908. The van der Waals surface area contributed by atoms with Crippen molar-refractivity contribution in [2.75, 3.05) is 19.0 Å². The molecule has 7 heteroatoms. The van der Waals surface area contributed by atoms with Gasteiger partial charge in [-0.3, -0.25) is 4.79 Å². The molecule has 0 unspecified atom stereocenters. The van der Waals surface area contributed by atoms with Crippen LogP contribution in [0.4, 0.5) is 18.9 Å². The Labute approximate surface area is 102 Å². The summed E-state index contributed by atoms with van der Waals surface area (Å²) in [6.45, 7) is 2.16. The summed E-state index contributed by atoms with van der Waals surface area (Å²) in [6, 6.07) is 3.99. The lowest BCUT2D eigenvalue weighted by Gasteiger charge is -2.12. The summed E-state index contributed by atoms with van der Waals surface area (Å²) < 4.78 is 46.3. The molecular formula is C11H12F3NO3. The Bertz CT molecular complexity index is 432. The zero-order chi connectivity index (χ0) is 13.8. The topological polar surface area (TPSA) is 47.6 Å². The summed E-state index contributed by atoms with van der Waals surface area (Å²) in [5.41, 5.74) is -0.0161. The second-order valence-corrected chi connectivity index (χ2v) is 3.25. The van der Waals surface area contributed by atoms with Crippen LogP contribution in [0.15, 0.2) is 18.2 Å². The molecule has 100 valence electrons. The predicted molar refractivity (Wildman–Crippen MR) is 58.8 cm³/mol. The highest BCUT2D eigenvalue weighted by Gasteiger charge is 2.38. The molecule has 0 saturated carbocycles. The molecule has 4 nitrogen and oxygen atoms in total. The number of anilines is 1. The highest BCUT2D eigenvalue weighted by molar-refractivity contribution is 5.95. The first kappa shape index (κ1) is 14.1. The highest BCUT2D eigenvalue weighted by Crippen LogP contribution is 2.30. The van der Waals surface area contributed by atoms with Crippen LogP contribution in [0.5, 0.6) is 11.5 Å². The van der Waals surface area contributed by atoms with Crippen LogP contribution in [-0.2, 0) is 4.79 Å². The molecule has 1 aromatic carbocycles. The van der Waals surface area contributed by atoms with Gasteiger partial charge in [-0.1, -0.05) is 0 Å². The molecule has 0 heterocycles. The van der Waals surface area contributed by atoms with E-state index in [1.807, 2.05) is 0 Å². The lowest BCUT2D eigenvalue weighted by Crippen LogP contribution is -2.29. The minimum Gasteiger partial charge on any atom is -0.493 e. The van der Waals surface area contributed by atoms with Crippen LogP contribution in [0, 0.1) is 0 Å². The van der Waals surface area contributed by atoms with Crippen LogP contribution in [0.25, 0.3) is 0 Å². The number of ether oxygens (including phenoxy) is 2. The van der Waals surface area contributed by atoms with Crippen molar-refractivity contribution in [3.63, 3.8) is 0 Å². The van der Waals surface area contributed by atoms with Crippen LogP contribution in [0.2, 0.25) is 0 Å². The van der Waals surface area contributed by atoms with Gasteiger partial charge in [-0.2, -0.15) is 13.2 Å². The maximum atomic E-state index is 12.0. The van der Waals surface area contributed by atoms with Gasteiger partial charge in [-0.15, -0.1) is 0 Å². The Morgan fingerprint density at radius 1 is 1.33 bits per heavy atom. The van der Waals surface area contributed by atoms with Gasteiger partial charge in [0.05, 0.1) is 13.7 Å². The molecule has 1 amide bonds. The second kappa shape index (κ2) is 5.61. The van der Waals surface area contributed by atoms with Crippen LogP contribution >= 0.6 is 0 Å². The summed E-state index contributed by atoms with van der Waals surface area (Å²) in [7, 11) is 1.35. The molecule has 0 bridgehead atoms. The van der Waals surface area contributed by atoms with Gasteiger partial charge in [0.2, 0.25) is 0 Å². The molecule has 0 atom stereocenters. The summed E-state index contributed by atoms with van der Waals surface area (Å²) in [4.78, 5) is 10.7. The molecule has 0 aromatic heterocycles. The number of hydrogen-bond donors (Lipinski definition) is 1. The van der Waals surface area contributed by atoms with E-state index in [9.17, 15) is 18.0 Å². The Morgan fingerprint density at radius 3 is 2.50 bits per heavy atom. The maximum absolute atomic E-state index is 12.0. The summed E-state index contributed by atoms with van der Waals surface area (Å²) >= 11 is 0. The number of carbonyl (C=O) groups is 1. The molecule has 0 aliphatic carbocycles. The molecule has 0 aliphatic rings. The first-order chi connectivity index (χ1) is 8.38. The number of alkyl halides is 3. The average molecular weight is 263 g/mol. The van der Waals surface area contributed by atoms with E-state index in [0.29, 0.717) is 12.4 Å². The summed E-state index contributed by atoms with van der Waals surface area (Å²) in [5, 5.41) is 1.73. The largest absolute Gasteiger partial charge is 0.493 e. The van der Waals surface area contributed by atoms with Crippen molar-refractivity contribution in [3.8, 4) is 11.5 Å². The summed E-state index contributed by atoms with van der Waals surface area (Å²) in [6.07, 6.45) is -4.92. The lowest BCUT2D eigenvalue weighted by atomic mass is 10.2. The van der Waals surface area contributed by atoms with Crippen molar-refractivity contribution in [2.24, 2.45) is 0 Å². The van der Waals surface area contributed by atoms with Gasteiger partial charge >= 0.3 is 12.1 Å². The fraction of sp³-hybridized carbons (Fsp3) is 0.364. The van der Waals surface area contributed by atoms with Crippen molar-refractivity contribution in [3.05, 3.63) is 18.2 Å². The SMILES string of the molecule is CCOc1ccc(NC(=O)C(F)(F)F)cc1OC. The summed E-state index contributed by atoms with van der Waals surface area (Å²) in [5.74, 6) is -1.39. The van der Waals surface area contributed by atoms with Crippen LogP contribution < -0.4 is 14.8 Å². The van der Waals surface area contributed by atoms with E-state index in [-0.39, 0.29) is 11.4 Å². The smallest absolute Gasteiger partial charge is 0.471 e. The number of rotatable bonds is 4. The van der Waals surface area contributed by atoms with Crippen molar-refractivity contribution in [2.45, 2.75) is 13.1 Å². The number of methoxy groups -OCH3 is 1. The Hall–Kier alpha value is -1.92. The Morgan fingerprint density at radius 2 is 2.00 bits per heavy atom. The van der Waals surface area contributed by atoms with Crippen LogP contribution in [0.1, 0.15) is 6.92 Å². The number of nitrogens with one attached hydrogen (secondary N) is 1. The minimum absolute atomic E-state index is 0.0161. The third kappa shape index (κ3) is 3.54. The zero-order valence-electron chi connectivity index (χ0n) is 9.80. The van der Waals surface area contributed by atoms with E-state index in [0.717, 1.165) is 0 Å². The van der Waals surface area contributed by atoms with Crippen LogP contribution in [-0.4, -0.2) is 25.8 Å². The monoisotopic (exact) mass is 263 g/mol. The predicted octanol–water partition coefficient (Wildman–Crippen LogP) is 2.59. The molecule has 0 aliphatic heterocycles. The fourth-order valence-electron chi connectivity index (χ4n) is 1.22. The van der Waals surface area contributed by atoms with E-state index in [1.165, 1.54) is 25.3 Å². The lowest BCUT2D eigenvalue weighted by molar-refractivity contribution is -0.167. The first-order valence-electron chi connectivity index (χ1n) is 5.07. The minimum atomic E-state index is -4.92.